The van der Waals surface area contributed by atoms with E-state index in [9.17, 15) is 9.90 Å². The van der Waals surface area contributed by atoms with Crippen LogP contribution < -0.4 is 5.32 Å². The van der Waals surface area contributed by atoms with Crippen molar-refractivity contribution in [1.82, 2.24) is 5.32 Å². The first-order chi connectivity index (χ1) is 9.11. The lowest BCUT2D eigenvalue weighted by atomic mass is 9.89. The fourth-order valence-electron chi connectivity index (χ4n) is 2.40. The normalized spacial score (nSPS) is 25.0. The molecule has 5 nitrogen and oxygen atoms in total. The molecule has 19 heavy (non-hydrogen) atoms. The Morgan fingerprint density at radius 2 is 2.26 bits per heavy atom. The lowest BCUT2D eigenvalue weighted by molar-refractivity contribution is -0.140. The van der Waals surface area contributed by atoms with Gasteiger partial charge in [0.05, 0.1) is 32.3 Å². The molecule has 0 aromatic rings. The molecule has 0 radical (unpaired) electrons. The van der Waals surface area contributed by atoms with Crippen molar-refractivity contribution in [2.24, 2.45) is 5.92 Å². The molecule has 1 fully saturated rings. The molecule has 0 bridgehead atoms. The van der Waals surface area contributed by atoms with Crippen LogP contribution in [0, 0.1) is 5.92 Å². The first-order valence-corrected chi connectivity index (χ1v) is 7.19. The number of aliphatic hydroxyl groups excluding tert-OH is 1. The van der Waals surface area contributed by atoms with Crippen LogP contribution in [-0.2, 0) is 14.3 Å². The number of hydrogen-bond donors (Lipinski definition) is 2. The molecule has 0 aromatic carbocycles. The molecule has 1 aliphatic carbocycles. The molecule has 0 aromatic heterocycles. The summed E-state index contributed by atoms with van der Waals surface area (Å²) in [4.78, 5) is 10.9. The zero-order valence-electron chi connectivity index (χ0n) is 12.1. The molecule has 0 heterocycles. The van der Waals surface area contributed by atoms with E-state index in [1.165, 1.54) is 20.0 Å². The lowest BCUT2D eigenvalue weighted by Crippen LogP contribution is -2.34. The standard InChI is InChI=1S/C14H27NO4/c1-11-4-3-5-13(8-11)19-10-12(16)9-15-7-6-14(17)18-2/h11-13,15-16H,3-10H2,1-2H3. The Morgan fingerprint density at radius 3 is 2.95 bits per heavy atom. The van der Waals surface area contributed by atoms with Gasteiger partial charge in [-0.25, -0.2) is 0 Å². The highest BCUT2D eigenvalue weighted by atomic mass is 16.5. The van der Waals surface area contributed by atoms with E-state index in [-0.39, 0.29) is 5.97 Å². The molecule has 3 atom stereocenters. The first-order valence-electron chi connectivity index (χ1n) is 7.19. The molecule has 0 spiro atoms. The van der Waals surface area contributed by atoms with E-state index in [1.807, 2.05) is 0 Å². The summed E-state index contributed by atoms with van der Waals surface area (Å²) in [6.45, 7) is 3.58. The number of esters is 1. The van der Waals surface area contributed by atoms with E-state index >= 15 is 0 Å². The van der Waals surface area contributed by atoms with Crippen LogP contribution in [-0.4, -0.2) is 50.1 Å². The predicted octanol–water partition coefficient (Wildman–Crippen LogP) is 1.10. The smallest absolute Gasteiger partial charge is 0.306 e. The highest BCUT2D eigenvalue weighted by Gasteiger charge is 2.20. The maximum atomic E-state index is 10.9. The van der Waals surface area contributed by atoms with Gasteiger partial charge in [0, 0.05) is 13.1 Å². The zero-order valence-corrected chi connectivity index (χ0v) is 12.1. The SMILES string of the molecule is COC(=O)CCNCC(O)COC1CCCC(C)C1. The maximum Gasteiger partial charge on any atom is 0.306 e. The third-order valence-corrected chi connectivity index (χ3v) is 3.53. The molecule has 0 amide bonds. The van der Waals surface area contributed by atoms with Gasteiger partial charge >= 0.3 is 5.97 Å². The van der Waals surface area contributed by atoms with Crippen LogP contribution in [0.15, 0.2) is 0 Å². The number of methoxy groups -OCH3 is 1. The molecule has 1 rings (SSSR count). The quantitative estimate of drug-likeness (QED) is 0.512. The fourth-order valence-corrected chi connectivity index (χ4v) is 2.40. The molecule has 0 saturated heterocycles. The van der Waals surface area contributed by atoms with Gasteiger partial charge < -0.3 is 19.9 Å². The van der Waals surface area contributed by atoms with Crippen molar-refractivity contribution in [3.63, 3.8) is 0 Å². The average Bonchev–Trinajstić information content (AvgIpc) is 2.41. The minimum atomic E-state index is -0.519. The van der Waals surface area contributed by atoms with Crippen molar-refractivity contribution in [1.29, 1.82) is 0 Å². The van der Waals surface area contributed by atoms with Crippen LogP contribution in [0.5, 0.6) is 0 Å². The molecule has 0 aliphatic heterocycles. The monoisotopic (exact) mass is 273 g/mol. The summed E-state index contributed by atoms with van der Waals surface area (Å²) in [6, 6.07) is 0. The van der Waals surface area contributed by atoms with Gasteiger partial charge in [-0.1, -0.05) is 19.8 Å². The van der Waals surface area contributed by atoms with Gasteiger partial charge in [-0.3, -0.25) is 4.79 Å². The summed E-state index contributed by atoms with van der Waals surface area (Å²) >= 11 is 0. The van der Waals surface area contributed by atoms with Crippen LogP contribution in [0.4, 0.5) is 0 Å². The largest absolute Gasteiger partial charge is 0.469 e. The van der Waals surface area contributed by atoms with Crippen molar-refractivity contribution >= 4 is 5.97 Å². The van der Waals surface area contributed by atoms with Crippen LogP contribution in [0.3, 0.4) is 0 Å². The van der Waals surface area contributed by atoms with Gasteiger partial charge in [0.2, 0.25) is 0 Å². The number of ether oxygens (including phenoxy) is 2. The van der Waals surface area contributed by atoms with E-state index in [2.05, 4.69) is 17.0 Å². The van der Waals surface area contributed by atoms with Crippen LogP contribution >= 0.6 is 0 Å². The van der Waals surface area contributed by atoms with Gasteiger partial charge in [0.1, 0.15) is 0 Å². The number of aliphatic hydroxyl groups is 1. The van der Waals surface area contributed by atoms with Gasteiger partial charge in [0.15, 0.2) is 0 Å². The number of hydrogen-bond acceptors (Lipinski definition) is 5. The van der Waals surface area contributed by atoms with E-state index in [1.54, 1.807) is 0 Å². The second-order valence-electron chi connectivity index (χ2n) is 5.41. The molecular formula is C14H27NO4. The highest BCUT2D eigenvalue weighted by Crippen LogP contribution is 2.25. The Balaban J connectivity index is 2.01. The van der Waals surface area contributed by atoms with Crippen molar-refractivity contribution in [2.45, 2.75) is 51.2 Å². The molecule has 112 valence electrons. The summed E-state index contributed by atoms with van der Waals surface area (Å²) in [5.41, 5.74) is 0. The van der Waals surface area contributed by atoms with E-state index in [0.717, 1.165) is 18.8 Å². The number of carbonyl (C=O) groups is 1. The predicted molar refractivity (Wildman–Crippen MR) is 72.9 cm³/mol. The summed E-state index contributed by atoms with van der Waals surface area (Å²) in [6.07, 6.45) is 4.82. The van der Waals surface area contributed by atoms with Crippen molar-refractivity contribution in [3.05, 3.63) is 0 Å². The summed E-state index contributed by atoms with van der Waals surface area (Å²) in [5.74, 6) is 0.489. The lowest BCUT2D eigenvalue weighted by Gasteiger charge is -2.27. The number of rotatable bonds is 8. The minimum absolute atomic E-state index is 0.241. The Bertz CT molecular complexity index is 260. The maximum absolute atomic E-state index is 10.9. The van der Waals surface area contributed by atoms with Crippen LogP contribution in [0.2, 0.25) is 0 Å². The summed E-state index contributed by atoms with van der Waals surface area (Å²) in [7, 11) is 1.37. The number of nitrogens with one attached hydrogen (secondary N) is 1. The van der Waals surface area contributed by atoms with Crippen LogP contribution in [0.25, 0.3) is 0 Å². The van der Waals surface area contributed by atoms with Gasteiger partial charge in [-0.15, -0.1) is 0 Å². The highest BCUT2D eigenvalue weighted by molar-refractivity contribution is 5.69. The zero-order chi connectivity index (χ0) is 14.1. The third kappa shape index (κ3) is 7.50. The third-order valence-electron chi connectivity index (χ3n) is 3.53. The first kappa shape index (κ1) is 16.4. The van der Waals surface area contributed by atoms with Gasteiger partial charge in [-0.2, -0.15) is 0 Å². The van der Waals surface area contributed by atoms with Crippen molar-refractivity contribution in [3.8, 4) is 0 Å². The topological polar surface area (TPSA) is 67.8 Å². The molecule has 2 N–H and O–H groups in total. The fraction of sp³-hybridized carbons (Fsp3) is 0.929. The molecular weight excluding hydrogens is 246 g/mol. The van der Waals surface area contributed by atoms with Crippen molar-refractivity contribution < 1.29 is 19.4 Å². The van der Waals surface area contributed by atoms with E-state index in [0.29, 0.717) is 32.2 Å². The van der Waals surface area contributed by atoms with Crippen LogP contribution in [0.1, 0.15) is 39.0 Å². The Labute approximate surface area is 115 Å². The average molecular weight is 273 g/mol. The molecule has 1 saturated carbocycles. The second-order valence-corrected chi connectivity index (χ2v) is 5.41. The molecule has 1 aliphatic rings. The Morgan fingerprint density at radius 1 is 1.47 bits per heavy atom. The second kappa shape index (κ2) is 9.28. The summed E-state index contributed by atoms with van der Waals surface area (Å²) < 4.78 is 10.3. The minimum Gasteiger partial charge on any atom is -0.469 e. The summed E-state index contributed by atoms with van der Waals surface area (Å²) in [5, 5.41) is 12.8. The van der Waals surface area contributed by atoms with Crippen molar-refractivity contribution in [2.75, 3.05) is 26.8 Å². The number of carbonyl (C=O) groups excluding carboxylic acids is 1. The van der Waals surface area contributed by atoms with Gasteiger partial charge in [-0.05, 0) is 18.8 Å². The van der Waals surface area contributed by atoms with Gasteiger partial charge in [0.25, 0.3) is 0 Å². The van der Waals surface area contributed by atoms with E-state index in [4.69, 9.17) is 4.74 Å². The Hall–Kier alpha value is -0.650. The molecule has 5 heteroatoms. The van der Waals surface area contributed by atoms with E-state index < -0.39 is 6.10 Å². The Kier molecular flexibility index (Phi) is 8.02. The molecule has 3 unspecified atom stereocenters.